The number of hydrazine groups is 2. The highest BCUT2D eigenvalue weighted by Crippen LogP contribution is 2.32. The number of nitrogens with one attached hydrogen (secondary N) is 5. The second-order valence-electron chi connectivity index (χ2n) is 7.31. The maximum Gasteiger partial charge on any atom is 0.332 e. The Bertz CT molecular complexity index is 1190. The van der Waals surface area contributed by atoms with Gasteiger partial charge in [-0.25, -0.2) is 9.36 Å². The smallest absolute Gasteiger partial charge is 0.332 e. The summed E-state index contributed by atoms with van der Waals surface area (Å²) in [6, 6.07) is 17.9. The van der Waals surface area contributed by atoms with E-state index >= 15 is 0 Å². The molecule has 33 heavy (non-hydrogen) atoms. The van der Waals surface area contributed by atoms with Gasteiger partial charge in [-0.1, -0.05) is 36.4 Å². The summed E-state index contributed by atoms with van der Waals surface area (Å²) in [6.45, 7) is -0.571. The van der Waals surface area contributed by atoms with Gasteiger partial charge in [-0.05, 0) is 24.3 Å². The van der Waals surface area contributed by atoms with Gasteiger partial charge in [0, 0.05) is 0 Å². The van der Waals surface area contributed by atoms with Gasteiger partial charge in [0.15, 0.2) is 17.7 Å². The fraction of sp³-hybridized carbons (Fsp3) is 0.238. The highest BCUT2D eigenvalue weighted by Gasteiger charge is 2.45. The van der Waals surface area contributed by atoms with Crippen LogP contribution in [0.15, 0.2) is 70.3 Å². The number of aromatic nitrogens is 2. The molecule has 3 aromatic rings. The van der Waals surface area contributed by atoms with Crippen LogP contribution in [0, 0.1) is 0 Å². The molecular formula is C21H24N6O6. The number of ether oxygens (including phenoxy) is 1. The first-order valence-electron chi connectivity index (χ1n) is 10.1. The van der Waals surface area contributed by atoms with Crippen molar-refractivity contribution >= 4 is 22.9 Å². The van der Waals surface area contributed by atoms with Crippen molar-refractivity contribution in [3.8, 4) is 0 Å². The van der Waals surface area contributed by atoms with Crippen LogP contribution in [0.1, 0.15) is 6.23 Å². The molecule has 4 rings (SSSR count). The molecule has 1 aliphatic heterocycles. The van der Waals surface area contributed by atoms with Gasteiger partial charge in [0.2, 0.25) is 0 Å². The number of rotatable bonds is 8. The lowest BCUT2D eigenvalue weighted by atomic mass is 10.1. The maximum absolute atomic E-state index is 12.8. The largest absolute Gasteiger partial charge is 0.394 e. The van der Waals surface area contributed by atoms with Crippen LogP contribution in [0.4, 0.5) is 22.9 Å². The summed E-state index contributed by atoms with van der Waals surface area (Å²) in [5, 5.41) is 30.1. The minimum absolute atomic E-state index is 0.0779. The number of anilines is 4. The van der Waals surface area contributed by atoms with Crippen LogP contribution in [0.5, 0.6) is 0 Å². The predicted molar refractivity (Wildman–Crippen MR) is 122 cm³/mol. The van der Waals surface area contributed by atoms with Gasteiger partial charge < -0.3 is 25.5 Å². The summed E-state index contributed by atoms with van der Waals surface area (Å²) in [4.78, 5) is 27.7. The van der Waals surface area contributed by atoms with Gasteiger partial charge in [0.05, 0.1) is 18.0 Å². The normalized spacial score (nSPS) is 22.0. The van der Waals surface area contributed by atoms with E-state index in [1.54, 1.807) is 48.5 Å². The van der Waals surface area contributed by atoms with Crippen molar-refractivity contribution in [3.05, 3.63) is 81.5 Å². The molecule has 1 fully saturated rings. The molecule has 0 unspecified atom stereocenters. The Morgan fingerprint density at radius 2 is 1.42 bits per heavy atom. The van der Waals surface area contributed by atoms with Crippen LogP contribution in [0.3, 0.4) is 0 Å². The van der Waals surface area contributed by atoms with Crippen molar-refractivity contribution < 1.29 is 20.1 Å². The highest BCUT2D eigenvalue weighted by molar-refractivity contribution is 5.68. The molecule has 0 bridgehead atoms. The van der Waals surface area contributed by atoms with Crippen LogP contribution in [0.25, 0.3) is 0 Å². The Kier molecular flexibility index (Phi) is 6.60. The molecule has 1 aromatic heterocycles. The number of hydrogen-bond donors (Lipinski definition) is 8. The molecule has 8 N–H and O–H groups in total. The van der Waals surface area contributed by atoms with Crippen LogP contribution >= 0.6 is 0 Å². The van der Waals surface area contributed by atoms with Gasteiger partial charge in [-0.3, -0.25) is 26.1 Å². The van der Waals surface area contributed by atoms with Crippen molar-refractivity contribution in [2.45, 2.75) is 24.5 Å². The monoisotopic (exact) mass is 456 g/mol. The van der Waals surface area contributed by atoms with Gasteiger partial charge in [0.25, 0.3) is 5.56 Å². The Balaban J connectivity index is 1.75. The van der Waals surface area contributed by atoms with Crippen molar-refractivity contribution in [1.29, 1.82) is 0 Å². The molecule has 1 saturated heterocycles. The molecule has 1 aliphatic rings. The zero-order valence-electron chi connectivity index (χ0n) is 17.3. The maximum atomic E-state index is 12.8. The fourth-order valence-corrected chi connectivity index (χ4v) is 3.43. The zero-order valence-corrected chi connectivity index (χ0v) is 17.3. The number of aliphatic hydroxyl groups excluding tert-OH is 3. The summed E-state index contributed by atoms with van der Waals surface area (Å²) in [7, 11) is 0. The average Bonchev–Trinajstić information content (AvgIpc) is 3.11. The van der Waals surface area contributed by atoms with Crippen LogP contribution in [-0.2, 0) is 4.74 Å². The van der Waals surface area contributed by atoms with Crippen molar-refractivity contribution in [1.82, 2.24) is 9.55 Å². The third-order valence-electron chi connectivity index (χ3n) is 5.12. The summed E-state index contributed by atoms with van der Waals surface area (Å²) in [6.07, 6.45) is -5.48. The van der Waals surface area contributed by atoms with Crippen molar-refractivity contribution in [2.24, 2.45) is 0 Å². The number of aromatic amines is 1. The molecular weight excluding hydrogens is 432 g/mol. The number of benzene rings is 2. The van der Waals surface area contributed by atoms with Gasteiger partial charge in [-0.15, -0.1) is 0 Å². The van der Waals surface area contributed by atoms with Crippen LogP contribution in [0.2, 0.25) is 0 Å². The lowest BCUT2D eigenvalue weighted by molar-refractivity contribution is -0.0538. The second kappa shape index (κ2) is 9.75. The Morgan fingerprint density at radius 3 is 1.97 bits per heavy atom. The minimum Gasteiger partial charge on any atom is -0.394 e. The summed E-state index contributed by atoms with van der Waals surface area (Å²) in [5.74, 6) is -0.0779. The Morgan fingerprint density at radius 1 is 0.848 bits per heavy atom. The van der Waals surface area contributed by atoms with E-state index in [2.05, 4.69) is 26.7 Å². The quantitative estimate of drug-likeness (QED) is 0.216. The molecule has 12 nitrogen and oxygen atoms in total. The molecule has 0 amide bonds. The zero-order chi connectivity index (χ0) is 23.4. The van der Waals surface area contributed by atoms with E-state index in [4.69, 9.17) is 4.74 Å². The first-order chi connectivity index (χ1) is 16.0. The average molecular weight is 456 g/mol. The van der Waals surface area contributed by atoms with Gasteiger partial charge in [0.1, 0.15) is 18.3 Å². The second-order valence-corrected chi connectivity index (χ2v) is 7.31. The van der Waals surface area contributed by atoms with Crippen LogP contribution < -0.4 is 33.0 Å². The molecule has 2 aromatic carbocycles. The van der Waals surface area contributed by atoms with E-state index in [-0.39, 0.29) is 11.5 Å². The number of nitrogens with zero attached hydrogens (tertiary/aromatic N) is 1. The van der Waals surface area contributed by atoms with E-state index in [0.717, 1.165) is 4.57 Å². The molecule has 12 heteroatoms. The molecule has 174 valence electrons. The molecule has 0 saturated carbocycles. The standard InChI is InChI=1S/C21H24N6O6/c28-11-14-16(29)17(30)20(33-14)27-18(26-24-13-9-5-2-6-10-13)15(19(31)22-21(27)32)25-23-12-7-3-1-4-8-12/h1-10,14,16-17,20,23-26,28-30H,11H2,(H,22,31,32)/t14-,16+,17+,20-/m0/s1. The SMILES string of the molecule is O=c1[nH]c(=O)n([C@H]2O[C@@H](CO)[C@@H](O)[C@H]2O)c(NNc2ccccc2)c1NNc1ccccc1. The van der Waals surface area contributed by atoms with Crippen molar-refractivity contribution in [3.63, 3.8) is 0 Å². The van der Waals surface area contributed by atoms with Gasteiger partial charge in [-0.2, -0.15) is 0 Å². The Labute approximate surface area is 187 Å². The van der Waals surface area contributed by atoms with E-state index in [0.29, 0.717) is 11.4 Å². The topological polar surface area (TPSA) is 173 Å². The Hall–Kier alpha value is -3.84. The van der Waals surface area contributed by atoms with Crippen molar-refractivity contribution in [2.75, 3.05) is 28.3 Å². The minimum atomic E-state index is -1.54. The third-order valence-corrected chi connectivity index (χ3v) is 5.12. The molecule has 0 radical (unpaired) electrons. The third kappa shape index (κ3) is 4.68. The lowest BCUT2D eigenvalue weighted by Crippen LogP contribution is -2.41. The number of para-hydroxylation sites is 2. The summed E-state index contributed by atoms with van der Waals surface area (Å²) < 4.78 is 6.48. The van der Waals surface area contributed by atoms with E-state index in [1.807, 2.05) is 12.1 Å². The number of H-pyrrole nitrogens is 1. The number of aliphatic hydroxyl groups is 3. The molecule has 0 spiro atoms. The van der Waals surface area contributed by atoms with E-state index < -0.39 is 42.4 Å². The fourth-order valence-electron chi connectivity index (χ4n) is 3.43. The molecule has 0 aliphatic carbocycles. The van der Waals surface area contributed by atoms with E-state index in [1.165, 1.54) is 0 Å². The van der Waals surface area contributed by atoms with Gasteiger partial charge >= 0.3 is 5.69 Å². The first kappa shape index (κ1) is 22.4. The predicted octanol–water partition coefficient (Wildman–Crippen LogP) is 0.0261. The summed E-state index contributed by atoms with van der Waals surface area (Å²) in [5.41, 5.74) is 10.9. The van der Waals surface area contributed by atoms with Crippen LogP contribution in [-0.4, -0.2) is 49.8 Å². The summed E-state index contributed by atoms with van der Waals surface area (Å²) >= 11 is 0. The first-order valence-corrected chi connectivity index (χ1v) is 10.1. The lowest BCUT2D eigenvalue weighted by Gasteiger charge is -2.24. The molecule has 4 atom stereocenters. The highest BCUT2D eigenvalue weighted by atomic mass is 16.6. The molecule has 2 heterocycles. The number of hydrogen-bond acceptors (Lipinski definition) is 10. The van der Waals surface area contributed by atoms with E-state index in [9.17, 15) is 24.9 Å².